The molecule has 0 aromatic heterocycles. The lowest BCUT2D eigenvalue weighted by Gasteiger charge is -2.34. The molecule has 0 radical (unpaired) electrons. The third kappa shape index (κ3) is 9.11. The number of benzene rings is 3. The summed E-state index contributed by atoms with van der Waals surface area (Å²) in [7, 11) is -4.24. The quantitative estimate of drug-likeness (QED) is 0.280. The van der Waals surface area contributed by atoms with Gasteiger partial charge in [0.15, 0.2) is 0 Å². The van der Waals surface area contributed by atoms with Gasteiger partial charge in [-0.1, -0.05) is 65.7 Å². The molecule has 7 nitrogen and oxygen atoms in total. The van der Waals surface area contributed by atoms with Gasteiger partial charge in [-0.05, 0) is 55.3 Å². The van der Waals surface area contributed by atoms with Crippen LogP contribution in [0, 0.1) is 0 Å². The Balaban J connectivity index is 2.10. The second-order valence-corrected chi connectivity index (χ2v) is 12.7. The minimum atomic E-state index is -4.74. The van der Waals surface area contributed by atoms with Gasteiger partial charge in [-0.15, -0.1) is 0 Å². The highest BCUT2D eigenvalue weighted by atomic mass is 35.5. The summed E-state index contributed by atoms with van der Waals surface area (Å²) in [5.41, 5.74) is -0.197. The molecule has 226 valence electrons. The average molecular weight is 645 g/mol. The topological polar surface area (TPSA) is 86.8 Å². The Morgan fingerprint density at radius 3 is 2.14 bits per heavy atom. The van der Waals surface area contributed by atoms with E-state index in [1.54, 1.807) is 50.2 Å². The molecule has 0 spiro atoms. The first-order chi connectivity index (χ1) is 19.6. The molecule has 42 heavy (non-hydrogen) atoms. The highest BCUT2D eigenvalue weighted by molar-refractivity contribution is 7.92. The Labute approximate surface area is 253 Å². The van der Waals surface area contributed by atoms with Crippen molar-refractivity contribution in [2.75, 3.05) is 17.1 Å². The largest absolute Gasteiger partial charge is 0.416 e. The first kappa shape index (κ1) is 33.2. The van der Waals surface area contributed by atoms with E-state index in [-0.39, 0.29) is 34.7 Å². The summed E-state index contributed by atoms with van der Waals surface area (Å²) in [6.07, 6.45) is -3.87. The van der Waals surface area contributed by atoms with E-state index in [0.717, 1.165) is 24.0 Å². The molecule has 0 saturated carbocycles. The number of nitrogens with zero attached hydrogens (tertiary/aromatic N) is 2. The van der Waals surface area contributed by atoms with Crippen molar-refractivity contribution in [3.8, 4) is 0 Å². The van der Waals surface area contributed by atoms with E-state index in [2.05, 4.69) is 5.32 Å². The van der Waals surface area contributed by atoms with Gasteiger partial charge in [0.2, 0.25) is 21.8 Å². The van der Waals surface area contributed by atoms with Crippen LogP contribution in [0.25, 0.3) is 0 Å². The molecular weight excluding hydrogens is 614 g/mol. The second-order valence-electron chi connectivity index (χ2n) is 9.96. The normalized spacial score (nSPS) is 12.6. The van der Waals surface area contributed by atoms with Crippen molar-refractivity contribution in [2.45, 2.75) is 45.1 Å². The third-order valence-electron chi connectivity index (χ3n) is 6.18. The first-order valence-corrected chi connectivity index (χ1v) is 15.4. The number of anilines is 1. The van der Waals surface area contributed by atoms with Crippen LogP contribution < -0.4 is 9.62 Å². The van der Waals surface area contributed by atoms with Crippen molar-refractivity contribution in [1.29, 1.82) is 0 Å². The van der Waals surface area contributed by atoms with Gasteiger partial charge in [-0.2, -0.15) is 13.2 Å². The van der Waals surface area contributed by atoms with Crippen molar-refractivity contribution >= 4 is 50.7 Å². The van der Waals surface area contributed by atoms with Crippen LogP contribution >= 0.6 is 23.2 Å². The molecule has 3 rings (SSSR count). The fourth-order valence-electron chi connectivity index (χ4n) is 4.22. The van der Waals surface area contributed by atoms with Crippen LogP contribution in [0.4, 0.5) is 18.9 Å². The van der Waals surface area contributed by atoms with E-state index in [9.17, 15) is 31.2 Å². The van der Waals surface area contributed by atoms with Crippen LogP contribution in [-0.2, 0) is 38.8 Å². The Bertz CT molecular complexity index is 1520. The van der Waals surface area contributed by atoms with Gasteiger partial charge in [-0.3, -0.25) is 13.9 Å². The summed E-state index contributed by atoms with van der Waals surface area (Å²) in [6.45, 7) is 2.48. The fraction of sp³-hybridized carbons (Fsp3) is 0.310. The third-order valence-corrected chi connectivity index (χ3v) is 8.06. The van der Waals surface area contributed by atoms with Crippen LogP contribution in [-0.4, -0.2) is 50.0 Å². The number of halogens is 5. The maximum absolute atomic E-state index is 14.0. The number of sulfonamides is 1. The summed E-state index contributed by atoms with van der Waals surface area (Å²) >= 11 is 12.3. The van der Waals surface area contributed by atoms with Crippen molar-refractivity contribution < 1.29 is 31.2 Å². The zero-order chi connectivity index (χ0) is 31.2. The zero-order valence-corrected chi connectivity index (χ0v) is 25.4. The maximum atomic E-state index is 14.0. The van der Waals surface area contributed by atoms with Crippen LogP contribution in [0.15, 0.2) is 72.8 Å². The molecule has 0 heterocycles. The summed E-state index contributed by atoms with van der Waals surface area (Å²) in [4.78, 5) is 28.7. The minimum absolute atomic E-state index is 0.0783. The summed E-state index contributed by atoms with van der Waals surface area (Å²) in [5, 5.41) is 3.28. The molecule has 0 aliphatic heterocycles. The smallest absolute Gasteiger partial charge is 0.352 e. The Morgan fingerprint density at radius 2 is 1.57 bits per heavy atom. The Morgan fingerprint density at radius 1 is 0.905 bits per heavy atom. The SMILES string of the molecule is CC(C)NC(=O)[C@H](Cc1ccccc1)N(Cc1ccc(Cl)c(Cl)c1)C(=O)CN(c1cccc(C(F)(F)F)c1)S(C)(=O)=O. The molecule has 0 bridgehead atoms. The Hall–Kier alpha value is -3.28. The molecule has 1 N–H and O–H groups in total. The van der Waals surface area contributed by atoms with Crippen LogP contribution in [0.3, 0.4) is 0 Å². The van der Waals surface area contributed by atoms with E-state index in [4.69, 9.17) is 23.2 Å². The molecule has 13 heteroatoms. The molecule has 0 aliphatic carbocycles. The Kier molecular flexibility index (Phi) is 10.9. The number of amides is 2. The number of carbonyl (C=O) groups is 2. The average Bonchev–Trinajstić information content (AvgIpc) is 2.90. The predicted molar refractivity (Wildman–Crippen MR) is 158 cm³/mol. The van der Waals surface area contributed by atoms with Crippen LogP contribution in [0.5, 0.6) is 0 Å². The van der Waals surface area contributed by atoms with Gasteiger partial charge in [0.25, 0.3) is 0 Å². The predicted octanol–water partition coefficient (Wildman–Crippen LogP) is 5.94. The summed E-state index contributed by atoms with van der Waals surface area (Å²) in [5.74, 6) is -1.31. The van der Waals surface area contributed by atoms with Gasteiger partial charge in [0.1, 0.15) is 12.6 Å². The van der Waals surface area contributed by atoms with Gasteiger partial charge in [-0.25, -0.2) is 8.42 Å². The van der Waals surface area contributed by atoms with Crippen molar-refractivity contribution in [1.82, 2.24) is 10.2 Å². The molecule has 1 atom stereocenters. The van der Waals surface area contributed by atoms with E-state index >= 15 is 0 Å². The van der Waals surface area contributed by atoms with Crippen molar-refractivity contribution in [3.63, 3.8) is 0 Å². The zero-order valence-electron chi connectivity index (χ0n) is 23.0. The molecule has 2 amide bonds. The summed E-state index contributed by atoms with van der Waals surface area (Å²) < 4.78 is 66.4. The van der Waals surface area contributed by atoms with Gasteiger partial charge >= 0.3 is 6.18 Å². The molecule has 0 unspecified atom stereocenters. The number of rotatable bonds is 11. The molecule has 3 aromatic carbocycles. The first-order valence-electron chi connectivity index (χ1n) is 12.8. The van der Waals surface area contributed by atoms with E-state index in [1.165, 1.54) is 23.1 Å². The highest BCUT2D eigenvalue weighted by Crippen LogP contribution is 2.32. The second kappa shape index (κ2) is 13.8. The lowest BCUT2D eigenvalue weighted by molar-refractivity contribution is -0.140. The van der Waals surface area contributed by atoms with Crippen molar-refractivity contribution in [3.05, 3.63) is 99.5 Å². The number of hydrogen-bond acceptors (Lipinski definition) is 4. The minimum Gasteiger partial charge on any atom is -0.352 e. The van der Waals surface area contributed by atoms with Gasteiger partial charge in [0, 0.05) is 19.0 Å². The monoisotopic (exact) mass is 643 g/mol. The number of nitrogens with one attached hydrogen (secondary N) is 1. The molecular formula is C29H30Cl2F3N3O4S. The van der Waals surface area contributed by atoms with Crippen LogP contribution in [0.1, 0.15) is 30.5 Å². The fourth-order valence-corrected chi connectivity index (χ4v) is 5.38. The molecule has 0 saturated heterocycles. The van der Waals surface area contributed by atoms with E-state index in [1.807, 2.05) is 0 Å². The van der Waals surface area contributed by atoms with E-state index in [0.29, 0.717) is 15.9 Å². The lowest BCUT2D eigenvalue weighted by atomic mass is 10.0. The maximum Gasteiger partial charge on any atom is 0.416 e. The molecule has 0 aliphatic rings. The number of carbonyl (C=O) groups excluding carboxylic acids is 2. The van der Waals surface area contributed by atoms with Crippen LogP contribution in [0.2, 0.25) is 10.0 Å². The highest BCUT2D eigenvalue weighted by Gasteiger charge is 2.35. The molecule has 0 fully saturated rings. The summed E-state index contributed by atoms with van der Waals surface area (Å²) in [6, 6.07) is 15.8. The molecule has 3 aromatic rings. The lowest BCUT2D eigenvalue weighted by Crippen LogP contribution is -2.54. The van der Waals surface area contributed by atoms with Gasteiger partial charge < -0.3 is 10.2 Å². The van der Waals surface area contributed by atoms with Gasteiger partial charge in [0.05, 0.1) is 27.6 Å². The number of alkyl halides is 3. The standard InChI is InChI=1S/C29H30Cl2F3N3O4S/c1-19(2)35-28(39)26(15-20-8-5-4-6-9-20)36(17-21-12-13-24(30)25(31)14-21)27(38)18-37(42(3,40)41)23-11-7-10-22(16-23)29(32,33)34/h4-14,16,19,26H,15,17-18H2,1-3H3,(H,35,39)/t26-/m0/s1. The number of hydrogen-bond donors (Lipinski definition) is 1. The van der Waals surface area contributed by atoms with Crippen molar-refractivity contribution in [2.24, 2.45) is 0 Å². The van der Waals surface area contributed by atoms with E-state index < -0.39 is 46.2 Å².